The zero-order chi connectivity index (χ0) is 14.1. The van der Waals surface area contributed by atoms with Crippen molar-refractivity contribution in [3.63, 3.8) is 0 Å². The van der Waals surface area contributed by atoms with Gasteiger partial charge >= 0.3 is 0 Å². The number of hydrogen-bond acceptors (Lipinski definition) is 2. The monoisotopic (exact) mass is 383 g/mol. The molecule has 2 aromatic carbocycles. The standard InChI is InChI=1S/C15H8BrCl2NS/c16-11-4-2-1-3-10(11)15-19-14(8-20-15)9-5-6-12(17)13(18)7-9/h1-8H. The van der Waals surface area contributed by atoms with Crippen LogP contribution in [0.4, 0.5) is 0 Å². The van der Waals surface area contributed by atoms with Crippen LogP contribution < -0.4 is 0 Å². The number of aromatic nitrogens is 1. The summed E-state index contributed by atoms with van der Waals surface area (Å²) in [7, 11) is 0. The highest BCUT2D eigenvalue weighted by atomic mass is 79.9. The van der Waals surface area contributed by atoms with Crippen molar-refractivity contribution < 1.29 is 0 Å². The molecule has 0 amide bonds. The summed E-state index contributed by atoms with van der Waals surface area (Å²) in [5, 5.41) is 4.09. The van der Waals surface area contributed by atoms with E-state index in [1.807, 2.05) is 41.8 Å². The van der Waals surface area contributed by atoms with Crippen molar-refractivity contribution in [3.05, 3.63) is 62.4 Å². The van der Waals surface area contributed by atoms with Gasteiger partial charge in [0, 0.05) is 21.0 Å². The van der Waals surface area contributed by atoms with Gasteiger partial charge in [0.25, 0.3) is 0 Å². The second kappa shape index (κ2) is 5.86. The molecular formula is C15H8BrCl2NS. The SMILES string of the molecule is Clc1ccc(-c2csc(-c3ccccc3Br)n2)cc1Cl. The summed E-state index contributed by atoms with van der Waals surface area (Å²) >= 11 is 17.1. The molecule has 0 saturated carbocycles. The van der Waals surface area contributed by atoms with E-state index >= 15 is 0 Å². The van der Waals surface area contributed by atoms with Crippen molar-refractivity contribution in [3.8, 4) is 21.8 Å². The van der Waals surface area contributed by atoms with E-state index < -0.39 is 0 Å². The highest BCUT2D eigenvalue weighted by molar-refractivity contribution is 9.10. The first-order valence-electron chi connectivity index (χ1n) is 5.81. The highest BCUT2D eigenvalue weighted by Gasteiger charge is 2.10. The molecule has 100 valence electrons. The van der Waals surface area contributed by atoms with Gasteiger partial charge in [0.2, 0.25) is 0 Å². The Kier molecular flexibility index (Phi) is 4.13. The average molecular weight is 385 g/mol. The van der Waals surface area contributed by atoms with Crippen molar-refractivity contribution in [1.29, 1.82) is 0 Å². The van der Waals surface area contributed by atoms with Crippen LogP contribution in [-0.2, 0) is 0 Å². The highest BCUT2D eigenvalue weighted by Crippen LogP contribution is 2.34. The number of nitrogens with zero attached hydrogens (tertiary/aromatic N) is 1. The van der Waals surface area contributed by atoms with E-state index in [1.165, 1.54) is 0 Å². The number of benzene rings is 2. The van der Waals surface area contributed by atoms with Crippen LogP contribution in [0.25, 0.3) is 21.8 Å². The number of rotatable bonds is 2. The summed E-state index contributed by atoms with van der Waals surface area (Å²) in [6, 6.07) is 13.6. The van der Waals surface area contributed by atoms with Gasteiger partial charge < -0.3 is 0 Å². The molecule has 0 aliphatic rings. The molecule has 3 aromatic rings. The molecule has 1 aromatic heterocycles. The van der Waals surface area contributed by atoms with Gasteiger partial charge in [-0.25, -0.2) is 4.98 Å². The van der Waals surface area contributed by atoms with Crippen LogP contribution in [0.2, 0.25) is 10.0 Å². The van der Waals surface area contributed by atoms with Crippen LogP contribution >= 0.6 is 50.5 Å². The maximum atomic E-state index is 6.05. The topological polar surface area (TPSA) is 12.9 Å². The molecule has 0 fully saturated rings. The van der Waals surface area contributed by atoms with Crippen LogP contribution in [0.15, 0.2) is 52.3 Å². The fourth-order valence-corrected chi connectivity index (χ4v) is 3.59. The van der Waals surface area contributed by atoms with E-state index in [0.29, 0.717) is 10.0 Å². The van der Waals surface area contributed by atoms with Crippen molar-refractivity contribution in [1.82, 2.24) is 4.98 Å². The third kappa shape index (κ3) is 2.77. The summed E-state index contributed by atoms with van der Waals surface area (Å²) in [6.45, 7) is 0. The maximum absolute atomic E-state index is 6.05. The average Bonchev–Trinajstić information content (AvgIpc) is 2.92. The van der Waals surface area contributed by atoms with E-state index in [-0.39, 0.29) is 0 Å². The molecule has 0 N–H and O–H groups in total. The summed E-state index contributed by atoms with van der Waals surface area (Å²) in [6.07, 6.45) is 0. The normalized spacial score (nSPS) is 10.8. The van der Waals surface area contributed by atoms with Crippen LogP contribution in [0.5, 0.6) is 0 Å². The minimum atomic E-state index is 0.541. The smallest absolute Gasteiger partial charge is 0.125 e. The third-order valence-corrected chi connectivity index (χ3v) is 5.13. The summed E-state index contributed by atoms with van der Waals surface area (Å²) in [4.78, 5) is 4.67. The molecule has 0 radical (unpaired) electrons. The zero-order valence-electron chi connectivity index (χ0n) is 10.1. The van der Waals surface area contributed by atoms with Gasteiger partial charge in [-0.2, -0.15) is 0 Å². The molecule has 3 rings (SSSR count). The van der Waals surface area contributed by atoms with Gasteiger partial charge in [0.1, 0.15) is 5.01 Å². The van der Waals surface area contributed by atoms with Gasteiger partial charge in [-0.1, -0.05) is 63.4 Å². The Morgan fingerprint density at radius 2 is 1.80 bits per heavy atom. The van der Waals surface area contributed by atoms with Crippen LogP contribution in [0, 0.1) is 0 Å². The van der Waals surface area contributed by atoms with E-state index in [9.17, 15) is 0 Å². The molecule has 0 aliphatic heterocycles. The second-order valence-corrected chi connectivity index (χ2v) is 6.67. The number of hydrogen-bond donors (Lipinski definition) is 0. The first kappa shape index (κ1) is 14.1. The maximum Gasteiger partial charge on any atom is 0.125 e. The lowest BCUT2D eigenvalue weighted by molar-refractivity contribution is 1.40. The molecule has 0 saturated heterocycles. The molecule has 0 aliphatic carbocycles. The van der Waals surface area contributed by atoms with Gasteiger partial charge in [-0.3, -0.25) is 0 Å². The Morgan fingerprint density at radius 1 is 1.00 bits per heavy atom. The van der Waals surface area contributed by atoms with Crippen molar-refractivity contribution >= 4 is 50.5 Å². The lowest BCUT2D eigenvalue weighted by Crippen LogP contribution is -1.81. The fourth-order valence-electron chi connectivity index (χ4n) is 1.82. The predicted octanol–water partition coefficient (Wildman–Crippen LogP) is 6.55. The molecule has 0 spiro atoms. The Bertz CT molecular complexity index is 770. The molecule has 1 heterocycles. The van der Waals surface area contributed by atoms with E-state index in [2.05, 4.69) is 20.9 Å². The summed E-state index contributed by atoms with van der Waals surface area (Å²) in [5.41, 5.74) is 2.96. The van der Waals surface area contributed by atoms with E-state index in [4.69, 9.17) is 23.2 Å². The molecule has 20 heavy (non-hydrogen) atoms. The number of halogens is 3. The van der Waals surface area contributed by atoms with Crippen molar-refractivity contribution in [2.24, 2.45) is 0 Å². The molecule has 0 atom stereocenters. The second-order valence-electron chi connectivity index (χ2n) is 4.15. The molecular weight excluding hydrogens is 377 g/mol. The van der Waals surface area contributed by atoms with Crippen LogP contribution in [0.1, 0.15) is 0 Å². The Balaban J connectivity index is 2.02. The Labute approximate surface area is 139 Å². The lowest BCUT2D eigenvalue weighted by atomic mass is 10.2. The molecule has 0 bridgehead atoms. The fraction of sp³-hybridized carbons (Fsp3) is 0. The quantitative estimate of drug-likeness (QED) is 0.488. The summed E-state index contributed by atoms with van der Waals surface area (Å²) < 4.78 is 1.04. The van der Waals surface area contributed by atoms with E-state index in [1.54, 1.807) is 17.4 Å². The van der Waals surface area contributed by atoms with Crippen LogP contribution in [0.3, 0.4) is 0 Å². The predicted molar refractivity (Wildman–Crippen MR) is 90.7 cm³/mol. The molecule has 1 nitrogen and oxygen atoms in total. The first-order valence-corrected chi connectivity index (χ1v) is 8.24. The van der Waals surface area contributed by atoms with Gasteiger partial charge in [-0.15, -0.1) is 11.3 Å². The minimum Gasteiger partial charge on any atom is -0.236 e. The van der Waals surface area contributed by atoms with Gasteiger partial charge in [-0.05, 0) is 18.2 Å². The van der Waals surface area contributed by atoms with Crippen LogP contribution in [-0.4, -0.2) is 4.98 Å². The first-order chi connectivity index (χ1) is 9.65. The zero-order valence-corrected chi connectivity index (χ0v) is 14.0. The largest absolute Gasteiger partial charge is 0.236 e. The summed E-state index contributed by atoms with van der Waals surface area (Å²) in [5.74, 6) is 0. The van der Waals surface area contributed by atoms with E-state index in [0.717, 1.165) is 26.3 Å². The van der Waals surface area contributed by atoms with Gasteiger partial charge in [0.15, 0.2) is 0 Å². The van der Waals surface area contributed by atoms with Crippen molar-refractivity contribution in [2.75, 3.05) is 0 Å². The minimum absolute atomic E-state index is 0.541. The molecule has 5 heteroatoms. The number of thiazole rings is 1. The third-order valence-electron chi connectivity index (χ3n) is 2.82. The molecule has 0 unspecified atom stereocenters. The lowest BCUT2D eigenvalue weighted by Gasteiger charge is -2.01. The van der Waals surface area contributed by atoms with Gasteiger partial charge in [0.05, 0.1) is 15.7 Å². The van der Waals surface area contributed by atoms with Crippen molar-refractivity contribution in [2.45, 2.75) is 0 Å². The Hall–Kier alpha value is -0.870. The Morgan fingerprint density at radius 3 is 2.55 bits per heavy atom.